The Morgan fingerprint density at radius 1 is 1.53 bits per heavy atom. The molecule has 1 aromatic rings. The third kappa shape index (κ3) is 2.82. The van der Waals surface area contributed by atoms with E-state index in [1.807, 2.05) is 0 Å². The molecule has 0 aromatic carbocycles. The smallest absolute Gasteiger partial charge is 0.405 e. The van der Waals surface area contributed by atoms with Gasteiger partial charge in [-0.15, -0.1) is 13.2 Å². The molecule has 0 fully saturated rings. The van der Waals surface area contributed by atoms with Gasteiger partial charge in [-0.25, -0.2) is 4.98 Å². The van der Waals surface area contributed by atoms with Crippen molar-refractivity contribution in [3.8, 4) is 11.8 Å². The lowest BCUT2D eigenvalue weighted by atomic mass is 10.2. The predicted octanol–water partition coefficient (Wildman–Crippen LogP) is 1.34. The first-order valence-corrected chi connectivity index (χ1v) is 3.72. The molecule has 1 aromatic heterocycles. The Labute approximate surface area is 82.5 Å². The Morgan fingerprint density at radius 3 is 2.67 bits per heavy atom. The zero-order valence-corrected chi connectivity index (χ0v) is 7.25. The van der Waals surface area contributed by atoms with Gasteiger partial charge in [-0.05, 0) is 6.07 Å². The molecule has 0 aliphatic carbocycles. The summed E-state index contributed by atoms with van der Waals surface area (Å²) in [6.45, 7) is -0.748. The summed E-state index contributed by atoms with van der Waals surface area (Å²) in [5, 5.41) is 17.3. The fourth-order valence-electron chi connectivity index (χ4n) is 0.944. The molecule has 1 heterocycles. The maximum absolute atomic E-state index is 11.9. The highest BCUT2D eigenvalue weighted by atomic mass is 19.4. The lowest BCUT2D eigenvalue weighted by Crippen LogP contribution is -2.18. The summed E-state index contributed by atoms with van der Waals surface area (Å²) >= 11 is 0. The first-order chi connectivity index (χ1) is 6.98. The van der Waals surface area contributed by atoms with E-state index in [0.717, 1.165) is 12.3 Å². The van der Waals surface area contributed by atoms with Crippen LogP contribution in [0.2, 0.25) is 0 Å². The van der Waals surface area contributed by atoms with Crippen molar-refractivity contribution in [2.45, 2.75) is 13.0 Å². The van der Waals surface area contributed by atoms with Gasteiger partial charge in [0, 0.05) is 6.20 Å². The van der Waals surface area contributed by atoms with Crippen LogP contribution >= 0.6 is 0 Å². The highest BCUT2D eigenvalue weighted by Gasteiger charge is 2.32. The molecule has 0 aliphatic rings. The van der Waals surface area contributed by atoms with Gasteiger partial charge < -0.3 is 9.84 Å². The minimum absolute atomic E-state index is 0.280. The monoisotopic (exact) mass is 218 g/mol. The molecule has 0 saturated carbocycles. The lowest BCUT2D eigenvalue weighted by molar-refractivity contribution is -0.275. The van der Waals surface area contributed by atoms with E-state index in [9.17, 15) is 13.2 Å². The molecule has 15 heavy (non-hydrogen) atoms. The molecule has 0 amide bonds. The second-order valence-electron chi connectivity index (χ2n) is 2.45. The molecule has 0 bridgehead atoms. The Bertz CT molecular complexity index is 398. The van der Waals surface area contributed by atoms with Crippen LogP contribution in [0.15, 0.2) is 12.3 Å². The fourth-order valence-corrected chi connectivity index (χ4v) is 0.944. The minimum atomic E-state index is -4.86. The van der Waals surface area contributed by atoms with Crippen LogP contribution in [0.5, 0.6) is 5.75 Å². The largest absolute Gasteiger partial charge is 0.573 e. The summed E-state index contributed by atoms with van der Waals surface area (Å²) in [7, 11) is 0. The van der Waals surface area contributed by atoms with Crippen LogP contribution in [0.3, 0.4) is 0 Å². The Hall–Kier alpha value is -1.81. The van der Waals surface area contributed by atoms with Gasteiger partial charge in [0.05, 0.1) is 12.2 Å². The highest BCUT2D eigenvalue weighted by molar-refractivity contribution is 5.41. The van der Waals surface area contributed by atoms with E-state index >= 15 is 0 Å². The van der Waals surface area contributed by atoms with Crippen LogP contribution in [0.25, 0.3) is 0 Å². The Kier molecular flexibility index (Phi) is 3.11. The molecular weight excluding hydrogens is 213 g/mol. The summed E-state index contributed by atoms with van der Waals surface area (Å²) in [6, 6.07) is 2.48. The molecule has 1 rings (SSSR count). The average Bonchev–Trinajstić information content (AvgIpc) is 2.15. The zero-order chi connectivity index (χ0) is 11.5. The maximum atomic E-state index is 11.9. The predicted molar refractivity (Wildman–Crippen MR) is 41.6 cm³/mol. The van der Waals surface area contributed by atoms with Crippen LogP contribution in [-0.2, 0) is 6.61 Å². The SMILES string of the molecule is N#Cc1nccc(OC(F)(F)F)c1CO. The number of rotatable bonds is 2. The molecule has 1 N–H and O–H groups in total. The number of aliphatic hydroxyl groups is 1. The normalized spacial score (nSPS) is 10.9. The summed E-state index contributed by atoms with van der Waals surface area (Å²) < 4.78 is 39.3. The number of ether oxygens (including phenoxy) is 1. The average molecular weight is 218 g/mol. The number of hydrogen-bond acceptors (Lipinski definition) is 4. The number of alkyl halides is 3. The van der Waals surface area contributed by atoms with E-state index in [1.54, 1.807) is 6.07 Å². The van der Waals surface area contributed by atoms with Gasteiger partial charge in [0.2, 0.25) is 0 Å². The van der Waals surface area contributed by atoms with Crippen molar-refractivity contribution >= 4 is 0 Å². The number of halogens is 3. The van der Waals surface area contributed by atoms with Crippen molar-refractivity contribution in [1.29, 1.82) is 5.26 Å². The molecule has 80 valence electrons. The van der Waals surface area contributed by atoms with Crippen LogP contribution in [0.1, 0.15) is 11.3 Å². The van der Waals surface area contributed by atoms with Gasteiger partial charge in [0.15, 0.2) is 0 Å². The zero-order valence-electron chi connectivity index (χ0n) is 7.25. The molecule has 7 heteroatoms. The lowest BCUT2D eigenvalue weighted by Gasteiger charge is -2.11. The minimum Gasteiger partial charge on any atom is -0.405 e. The van der Waals surface area contributed by atoms with Gasteiger partial charge >= 0.3 is 6.36 Å². The topological polar surface area (TPSA) is 66.1 Å². The molecule has 0 saturated heterocycles. The van der Waals surface area contributed by atoms with Crippen molar-refractivity contribution in [2.24, 2.45) is 0 Å². The molecule has 0 aliphatic heterocycles. The number of aromatic nitrogens is 1. The second kappa shape index (κ2) is 4.14. The highest BCUT2D eigenvalue weighted by Crippen LogP contribution is 2.27. The van der Waals surface area contributed by atoms with E-state index in [1.165, 1.54) is 0 Å². The van der Waals surface area contributed by atoms with Gasteiger partial charge in [-0.1, -0.05) is 0 Å². The molecule has 0 atom stereocenters. The van der Waals surface area contributed by atoms with Crippen LogP contribution in [0, 0.1) is 11.3 Å². The van der Waals surface area contributed by atoms with E-state index in [0.29, 0.717) is 0 Å². The third-order valence-electron chi connectivity index (χ3n) is 1.50. The van der Waals surface area contributed by atoms with Gasteiger partial charge in [-0.2, -0.15) is 5.26 Å². The van der Waals surface area contributed by atoms with Crippen molar-refractivity contribution < 1.29 is 23.0 Å². The van der Waals surface area contributed by atoms with E-state index < -0.39 is 18.7 Å². The fraction of sp³-hybridized carbons (Fsp3) is 0.250. The van der Waals surface area contributed by atoms with E-state index in [2.05, 4.69) is 9.72 Å². The molecule has 4 nitrogen and oxygen atoms in total. The molecule has 0 radical (unpaired) electrons. The van der Waals surface area contributed by atoms with Crippen molar-refractivity contribution in [3.63, 3.8) is 0 Å². The number of hydrogen-bond donors (Lipinski definition) is 1. The Balaban J connectivity index is 3.14. The van der Waals surface area contributed by atoms with E-state index in [4.69, 9.17) is 10.4 Å². The van der Waals surface area contributed by atoms with Crippen LogP contribution < -0.4 is 4.74 Å². The van der Waals surface area contributed by atoms with Crippen molar-refractivity contribution in [2.75, 3.05) is 0 Å². The van der Waals surface area contributed by atoms with Crippen LogP contribution in [0.4, 0.5) is 13.2 Å². The summed E-state index contributed by atoms with van der Waals surface area (Å²) in [5.74, 6) is -0.614. The van der Waals surface area contributed by atoms with Gasteiger partial charge in [0.1, 0.15) is 17.5 Å². The first kappa shape index (κ1) is 11.3. The second-order valence-corrected chi connectivity index (χ2v) is 2.45. The first-order valence-electron chi connectivity index (χ1n) is 3.72. The Morgan fingerprint density at radius 2 is 2.20 bits per heavy atom. The number of nitrogens with zero attached hydrogens (tertiary/aromatic N) is 2. The van der Waals surface area contributed by atoms with Crippen molar-refractivity contribution in [1.82, 2.24) is 4.98 Å². The maximum Gasteiger partial charge on any atom is 0.573 e. The molecular formula is C8H5F3N2O2. The standard InChI is InChI=1S/C8H5F3N2O2/c9-8(10,11)15-7-1-2-13-6(3-12)5(7)4-14/h1-2,14H,4H2. The number of nitriles is 1. The number of aliphatic hydroxyl groups excluding tert-OH is 1. The van der Waals surface area contributed by atoms with Crippen molar-refractivity contribution in [3.05, 3.63) is 23.5 Å². The van der Waals surface area contributed by atoms with Gasteiger partial charge in [-0.3, -0.25) is 0 Å². The van der Waals surface area contributed by atoms with Crippen LogP contribution in [-0.4, -0.2) is 16.5 Å². The summed E-state index contributed by atoms with van der Waals surface area (Å²) in [6.07, 6.45) is -3.86. The van der Waals surface area contributed by atoms with Gasteiger partial charge in [0.25, 0.3) is 0 Å². The third-order valence-corrected chi connectivity index (χ3v) is 1.50. The molecule has 0 spiro atoms. The molecule has 0 unspecified atom stereocenters. The summed E-state index contributed by atoms with van der Waals surface area (Å²) in [5.41, 5.74) is -0.573. The number of pyridine rings is 1. The quantitative estimate of drug-likeness (QED) is 0.813. The summed E-state index contributed by atoms with van der Waals surface area (Å²) in [4.78, 5) is 3.49. The van der Waals surface area contributed by atoms with E-state index in [-0.39, 0.29) is 11.3 Å².